The Labute approximate surface area is 225 Å². The lowest BCUT2D eigenvalue weighted by Gasteiger charge is -2.16. The van der Waals surface area contributed by atoms with Crippen molar-refractivity contribution in [3.8, 4) is 33.6 Å². The van der Waals surface area contributed by atoms with Crippen molar-refractivity contribution >= 4 is 43.7 Å². The summed E-state index contributed by atoms with van der Waals surface area (Å²) in [5, 5.41) is 4.62. The fraction of sp³-hybridized carbons (Fsp3) is 0. The fourth-order valence-corrected chi connectivity index (χ4v) is 5.73. The second-order valence-electron chi connectivity index (χ2n) is 9.76. The molecule has 0 saturated carbocycles. The Bertz CT molecular complexity index is 2180. The zero-order valence-electron chi connectivity index (χ0n) is 21.0. The van der Waals surface area contributed by atoms with E-state index in [9.17, 15) is 0 Å². The Morgan fingerprint density at radius 2 is 1.08 bits per heavy atom. The van der Waals surface area contributed by atoms with Gasteiger partial charge in [-0.15, -0.1) is 0 Å². The smallest absolute Gasteiger partial charge is 0.136 e. The predicted molar refractivity (Wildman–Crippen MR) is 161 cm³/mol. The van der Waals surface area contributed by atoms with Crippen molar-refractivity contribution in [2.75, 3.05) is 0 Å². The molecule has 0 aliphatic carbocycles. The van der Waals surface area contributed by atoms with Gasteiger partial charge in [-0.3, -0.25) is 0 Å². The monoisotopic (exact) mass is 498 g/mol. The van der Waals surface area contributed by atoms with Crippen LogP contribution in [0.15, 0.2) is 138 Å². The van der Waals surface area contributed by atoms with Gasteiger partial charge in [-0.25, -0.2) is 9.97 Å². The summed E-state index contributed by atoms with van der Waals surface area (Å²) >= 11 is 0. The number of aromatic nitrogens is 2. The van der Waals surface area contributed by atoms with E-state index in [4.69, 9.17) is 14.4 Å². The van der Waals surface area contributed by atoms with E-state index in [2.05, 4.69) is 78.9 Å². The highest BCUT2D eigenvalue weighted by molar-refractivity contribution is 6.23. The Morgan fingerprint density at radius 3 is 1.92 bits per heavy atom. The van der Waals surface area contributed by atoms with Crippen LogP contribution in [0.2, 0.25) is 0 Å². The van der Waals surface area contributed by atoms with E-state index in [1.54, 1.807) is 0 Å². The van der Waals surface area contributed by atoms with Gasteiger partial charge in [0.05, 0.1) is 22.4 Å². The lowest BCUT2D eigenvalue weighted by molar-refractivity contribution is 0.669. The molecule has 6 aromatic carbocycles. The van der Waals surface area contributed by atoms with E-state index in [0.29, 0.717) is 0 Å². The average Bonchev–Trinajstić information content (AvgIpc) is 3.40. The van der Waals surface area contributed by atoms with Crippen LogP contribution < -0.4 is 0 Å². The van der Waals surface area contributed by atoms with Gasteiger partial charge in [0.15, 0.2) is 0 Å². The molecule has 0 atom stereocenters. The Hall–Kier alpha value is -5.28. The molecule has 0 saturated heterocycles. The molecule has 0 aliphatic rings. The quantitative estimate of drug-likeness (QED) is 0.243. The predicted octanol–water partition coefficient (Wildman–Crippen LogP) is 9.68. The molecule has 182 valence electrons. The maximum atomic E-state index is 6.27. The second-order valence-corrected chi connectivity index (χ2v) is 9.76. The van der Waals surface area contributed by atoms with Crippen molar-refractivity contribution in [1.29, 1.82) is 0 Å². The van der Waals surface area contributed by atoms with Crippen LogP contribution in [0.5, 0.6) is 0 Å². The molecule has 0 fully saturated rings. The van der Waals surface area contributed by atoms with E-state index < -0.39 is 0 Å². The van der Waals surface area contributed by atoms with Crippen LogP contribution in [0.1, 0.15) is 0 Å². The van der Waals surface area contributed by atoms with Gasteiger partial charge >= 0.3 is 0 Å². The molecule has 0 radical (unpaired) electrons. The Balaban J connectivity index is 1.48. The van der Waals surface area contributed by atoms with Gasteiger partial charge in [0.1, 0.15) is 11.2 Å². The van der Waals surface area contributed by atoms with E-state index in [1.165, 1.54) is 10.8 Å². The molecule has 8 aromatic rings. The van der Waals surface area contributed by atoms with Crippen LogP contribution in [0.25, 0.3) is 77.4 Å². The van der Waals surface area contributed by atoms with Crippen LogP contribution in [0.3, 0.4) is 0 Å². The van der Waals surface area contributed by atoms with Crippen LogP contribution in [-0.4, -0.2) is 9.97 Å². The Morgan fingerprint density at radius 1 is 0.410 bits per heavy atom. The second kappa shape index (κ2) is 8.64. The third-order valence-corrected chi connectivity index (χ3v) is 7.47. The van der Waals surface area contributed by atoms with Gasteiger partial charge in [0.25, 0.3) is 0 Å². The summed E-state index contributed by atoms with van der Waals surface area (Å²) < 4.78 is 6.27. The Kier molecular flexibility index (Phi) is 4.82. The minimum atomic E-state index is 0.872. The van der Waals surface area contributed by atoms with Crippen LogP contribution in [0.4, 0.5) is 0 Å². The number of furan rings is 1. The summed E-state index contributed by atoms with van der Waals surface area (Å²) in [6.07, 6.45) is 0. The molecule has 0 N–H and O–H groups in total. The van der Waals surface area contributed by atoms with Crippen molar-refractivity contribution in [2.24, 2.45) is 0 Å². The fourth-order valence-electron chi connectivity index (χ4n) is 5.73. The minimum Gasteiger partial charge on any atom is -0.456 e. The zero-order valence-corrected chi connectivity index (χ0v) is 21.0. The van der Waals surface area contributed by atoms with Gasteiger partial charge in [-0.1, -0.05) is 109 Å². The average molecular weight is 499 g/mol. The molecular weight excluding hydrogens is 476 g/mol. The molecule has 39 heavy (non-hydrogen) atoms. The highest BCUT2D eigenvalue weighted by atomic mass is 16.3. The lowest BCUT2D eigenvalue weighted by Crippen LogP contribution is -1.97. The van der Waals surface area contributed by atoms with Crippen molar-refractivity contribution in [3.63, 3.8) is 0 Å². The number of fused-ring (bicyclic) bond motifs is 6. The number of hydrogen-bond donors (Lipinski definition) is 0. The molecule has 3 heteroatoms. The van der Waals surface area contributed by atoms with Crippen molar-refractivity contribution < 1.29 is 4.42 Å². The molecule has 3 nitrogen and oxygen atoms in total. The van der Waals surface area contributed by atoms with Crippen LogP contribution >= 0.6 is 0 Å². The topological polar surface area (TPSA) is 38.9 Å². The summed E-state index contributed by atoms with van der Waals surface area (Å²) in [6.45, 7) is 0. The van der Waals surface area contributed by atoms with Gasteiger partial charge in [0.2, 0.25) is 0 Å². The van der Waals surface area contributed by atoms with E-state index >= 15 is 0 Å². The first kappa shape index (κ1) is 21.8. The highest BCUT2D eigenvalue weighted by Gasteiger charge is 2.20. The summed E-state index contributed by atoms with van der Waals surface area (Å²) in [5.74, 6) is 0. The molecule has 8 rings (SSSR count). The van der Waals surface area contributed by atoms with E-state index in [1.807, 2.05) is 54.6 Å². The minimum absolute atomic E-state index is 0.872. The molecule has 0 unspecified atom stereocenters. The number of para-hydroxylation sites is 3. The molecule has 0 aliphatic heterocycles. The highest BCUT2D eigenvalue weighted by Crippen LogP contribution is 2.43. The van der Waals surface area contributed by atoms with E-state index in [0.717, 1.165) is 66.6 Å². The number of benzene rings is 6. The summed E-state index contributed by atoms with van der Waals surface area (Å²) in [6, 6.07) is 46.0. The molecule has 2 aromatic heterocycles. The number of rotatable bonds is 3. The van der Waals surface area contributed by atoms with Crippen LogP contribution in [-0.2, 0) is 0 Å². The molecular formula is C36H22N2O. The van der Waals surface area contributed by atoms with Gasteiger partial charge < -0.3 is 4.42 Å². The van der Waals surface area contributed by atoms with Gasteiger partial charge in [-0.05, 0) is 40.8 Å². The third kappa shape index (κ3) is 3.44. The standard InChI is InChI=1S/C36H22N2O/c1-2-11-24(12-3-1)35-36(38-30-19-8-7-18-29(30)37-35)27-15-5-4-14-25(27)26-17-10-13-23-21-22-32-34(33(23)26)28-16-6-9-20-31(28)39-32/h1-22H. The molecule has 2 heterocycles. The summed E-state index contributed by atoms with van der Waals surface area (Å²) in [5.41, 5.74) is 9.65. The van der Waals surface area contributed by atoms with Gasteiger partial charge in [-0.2, -0.15) is 0 Å². The summed E-state index contributed by atoms with van der Waals surface area (Å²) in [7, 11) is 0. The molecule has 0 bridgehead atoms. The van der Waals surface area contributed by atoms with E-state index in [-0.39, 0.29) is 0 Å². The first-order valence-electron chi connectivity index (χ1n) is 13.1. The largest absolute Gasteiger partial charge is 0.456 e. The normalized spacial score (nSPS) is 11.6. The SMILES string of the molecule is c1ccc(-c2nc3ccccc3nc2-c2ccccc2-c2cccc3ccc4oc5ccccc5c4c23)cc1. The summed E-state index contributed by atoms with van der Waals surface area (Å²) in [4.78, 5) is 10.3. The van der Waals surface area contributed by atoms with Crippen LogP contribution in [0, 0.1) is 0 Å². The molecule has 0 amide bonds. The number of nitrogens with zero attached hydrogens (tertiary/aromatic N) is 2. The van der Waals surface area contributed by atoms with Crippen molar-refractivity contribution in [3.05, 3.63) is 133 Å². The van der Waals surface area contributed by atoms with Gasteiger partial charge in [0, 0.05) is 27.3 Å². The maximum Gasteiger partial charge on any atom is 0.136 e. The van der Waals surface area contributed by atoms with Crippen molar-refractivity contribution in [2.45, 2.75) is 0 Å². The third-order valence-electron chi connectivity index (χ3n) is 7.47. The first-order valence-corrected chi connectivity index (χ1v) is 13.1. The number of hydrogen-bond acceptors (Lipinski definition) is 3. The lowest BCUT2D eigenvalue weighted by atomic mass is 9.90. The first-order chi connectivity index (χ1) is 19.3. The van der Waals surface area contributed by atoms with Crippen molar-refractivity contribution in [1.82, 2.24) is 9.97 Å². The molecule has 0 spiro atoms. The zero-order chi connectivity index (χ0) is 25.8. The maximum absolute atomic E-state index is 6.27.